The lowest BCUT2D eigenvalue weighted by molar-refractivity contribution is 0.0587. The molecule has 1 aliphatic rings. The van der Waals surface area contributed by atoms with Gasteiger partial charge in [-0.15, -0.1) is 0 Å². The number of piperazine rings is 1. The molecule has 20 heavy (non-hydrogen) atoms. The minimum absolute atomic E-state index is 0.0806. The number of carbonyl (C=O) groups is 1. The summed E-state index contributed by atoms with van der Waals surface area (Å²) in [4.78, 5) is 24.1. The van der Waals surface area contributed by atoms with E-state index in [1.807, 2.05) is 0 Å². The number of likely N-dealkylation sites (N-methyl/N-ethyl adjacent to an activating group) is 1. The molecule has 0 amide bonds. The lowest BCUT2D eigenvalue weighted by atomic mass is 10.3. The van der Waals surface area contributed by atoms with E-state index in [9.17, 15) is 4.79 Å². The Labute approximate surface area is 118 Å². The fourth-order valence-corrected chi connectivity index (χ4v) is 2.06. The predicted molar refractivity (Wildman–Crippen MR) is 75.8 cm³/mol. The lowest BCUT2D eigenvalue weighted by Gasteiger charge is -2.32. The van der Waals surface area contributed by atoms with Crippen LogP contribution in [0.1, 0.15) is 10.6 Å². The van der Waals surface area contributed by atoms with Gasteiger partial charge in [0.1, 0.15) is 5.82 Å². The highest BCUT2D eigenvalue weighted by atomic mass is 16.5. The zero-order valence-electron chi connectivity index (χ0n) is 12.0. The van der Waals surface area contributed by atoms with Gasteiger partial charge in [0, 0.05) is 45.5 Å². The van der Waals surface area contributed by atoms with E-state index in [-0.39, 0.29) is 5.82 Å². The van der Waals surface area contributed by atoms with Gasteiger partial charge in [-0.3, -0.25) is 4.90 Å². The SMILES string of the molecule is COC(=O)c1nccc(NCCN2CCN(C)CC2)n1. The van der Waals surface area contributed by atoms with Crippen LogP contribution in [-0.4, -0.2) is 79.2 Å². The standard InChI is InChI=1S/C13H21N5O2/c1-17-7-9-18(10-8-17)6-5-14-11-3-4-15-12(16-11)13(19)20-2/h3-4H,5-10H2,1-2H3,(H,14,15,16). The Hall–Kier alpha value is -1.73. The molecule has 7 nitrogen and oxygen atoms in total. The van der Waals surface area contributed by atoms with Gasteiger partial charge in [-0.05, 0) is 13.1 Å². The van der Waals surface area contributed by atoms with Gasteiger partial charge in [0.25, 0.3) is 0 Å². The molecule has 0 atom stereocenters. The Morgan fingerprint density at radius 3 is 2.85 bits per heavy atom. The smallest absolute Gasteiger partial charge is 0.376 e. The van der Waals surface area contributed by atoms with Gasteiger partial charge >= 0.3 is 5.97 Å². The van der Waals surface area contributed by atoms with Crippen LogP contribution in [0.5, 0.6) is 0 Å². The number of hydrogen-bond donors (Lipinski definition) is 1. The third-order valence-electron chi connectivity index (χ3n) is 3.35. The van der Waals surface area contributed by atoms with Gasteiger partial charge in [-0.1, -0.05) is 0 Å². The van der Waals surface area contributed by atoms with Gasteiger partial charge in [0.2, 0.25) is 5.82 Å². The molecule has 2 rings (SSSR count). The number of nitrogens with one attached hydrogen (secondary N) is 1. The van der Waals surface area contributed by atoms with Crippen LogP contribution in [-0.2, 0) is 4.74 Å². The van der Waals surface area contributed by atoms with E-state index in [0.717, 1.165) is 39.3 Å². The molecule has 1 aromatic heterocycles. The first-order valence-electron chi connectivity index (χ1n) is 6.75. The fourth-order valence-electron chi connectivity index (χ4n) is 2.06. The van der Waals surface area contributed by atoms with E-state index in [0.29, 0.717) is 5.82 Å². The molecule has 0 bridgehead atoms. The second-order valence-corrected chi connectivity index (χ2v) is 4.83. The molecule has 7 heteroatoms. The van der Waals surface area contributed by atoms with Crippen LogP contribution in [0, 0.1) is 0 Å². The average Bonchev–Trinajstić information content (AvgIpc) is 2.49. The van der Waals surface area contributed by atoms with Crippen LogP contribution < -0.4 is 5.32 Å². The van der Waals surface area contributed by atoms with Gasteiger partial charge in [-0.2, -0.15) is 0 Å². The summed E-state index contributed by atoms with van der Waals surface area (Å²) in [6.45, 7) is 6.16. The predicted octanol–water partition coefficient (Wildman–Crippen LogP) is -0.0775. The van der Waals surface area contributed by atoms with E-state index in [2.05, 4.69) is 36.9 Å². The fraction of sp³-hybridized carbons (Fsp3) is 0.615. The zero-order valence-corrected chi connectivity index (χ0v) is 12.0. The number of ether oxygens (including phenoxy) is 1. The number of carbonyl (C=O) groups excluding carboxylic acids is 1. The monoisotopic (exact) mass is 279 g/mol. The van der Waals surface area contributed by atoms with Crippen LogP contribution in [0.4, 0.5) is 5.82 Å². The summed E-state index contributed by atoms with van der Waals surface area (Å²) in [6.07, 6.45) is 1.55. The van der Waals surface area contributed by atoms with Crippen LogP contribution >= 0.6 is 0 Å². The molecule has 0 aliphatic carbocycles. The van der Waals surface area contributed by atoms with Crippen LogP contribution in [0.15, 0.2) is 12.3 Å². The molecule has 0 saturated carbocycles. The number of aromatic nitrogens is 2. The first-order valence-corrected chi connectivity index (χ1v) is 6.75. The molecular formula is C13H21N5O2. The van der Waals surface area contributed by atoms with E-state index in [4.69, 9.17) is 0 Å². The first kappa shape index (κ1) is 14.7. The molecule has 0 spiro atoms. The van der Waals surface area contributed by atoms with E-state index >= 15 is 0 Å². The summed E-state index contributed by atoms with van der Waals surface area (Å²) in [5.41, 5.74) is 0. The molecule has 1 aromatic rings. The maximum Gasteiger partial charge on any atom is 0.376 e. The number of nitrogens with zero attached hydrogens (tertiary/aromatic N) is 4. The van der Waals surface area contributed by atoms with Crippen molar-refractivity contribution in [1.29, 1.82) is 0 Å². The zero-order chi connectivity index (χ0) is 14.4. The van der Waals surface area contributed by atoms with E-state index in [1.54, 1.807) is 12.3 Å². The highest BCUT2D eigenvalue weighted by Crippen LogP contribution is 2.03. The number of rotatable bonds is 5. The Morgan fingerprint density at radius 1 is 1.40 bits per heavy atom. The van der Waals surface area contributed by atoms with Gasteiger partial charge in [0.15, 0.2) is 0 Å². The molecule has 1 aliphatic heterocycles. The van der Waals surface area contributed by atoms with Crippen molar-refractivity contribution in [1.82, 2.24) is 19.8 Å². The van der Waals surface area contributed by atoms with Crippen molar-refractivity contribution in [3.05, 3.63) is 18.1 Å². The summed E-state index contributed by atoms with van der Waals surface area (Å²) >= 11 is 0. The Morgan fingerprint density at radius 2 is 2.15 bits per heavy atom. The summed E-state index contributed by atoms with van der Waals surface area (Å²) < 4.78 is 4.60. The second kappa shape index (κ2) is 7.16. The molecule has 0 unspecified atom stereocenters. The lowest BCUT2D eigenvalue weighted by Crippen LogP contribution is -2.45. The second-order valence-electron chi connectivity index (χ2n) is 4.83. The minimum atomic E-state index is -0.521. The van der Waals surface area contributed by atoms with Crippen molar-refractivity contribution in [2.75, 3.05) is 58.7 Å². The molecule has 1 saturated heterocycles. The molecular weight excluding hydrogens is 258 g/mol. The number of esters is 1. The highest BCUT2D eigenvalue weighted by molar-refractivity contribution is 5.85. The third-order valence-corrected chi connectivity index (χ3v) is 3.35. The summed E-state index contributed by atoms with van der Waals surface area (Å²) in [7, 11) is 3.46. The van der Waals surface area contributed by atoms with Crippen molar-refractivity contribution in [3.8, 4) is 0 Å². The molecule has 0 aromatic carbocycles. The third kappa shape index (κ3) is 4.14. The summed E-state index contributed by atoms with van der Waals surface area (Å²) in [5.74, 6) is 0.208. The summed E-state index contributed by atoms with van der Waals surface area (Å²) in [6, 6.07) is 1.75. The van der Waals surface area contributed by atoms with Crippen molar-refractivity contribution in [2.24, 2.45) is 0 Å². The summed E-state index contributed by atoms with van der Waals surface area (Å²) in [5, 5.41) is 3.21. The number of methoxy groups -OCH3 is 1. The maximum atomic E-state index is 11.3. The topological polar surface area (TPSA) is 70.6 Å². The van der Waals surface area contributed by atoms with Gasteiger partial charge in [0.05, 0.1) is 7.11 Å². The van der Waals surface area contributed by atoms with Crippen molar-refractivity contribution >= 4 is 11.8 Å². The maximum absolute atomic E-state index is 11.3. The first-order chi connectivity index (χ1) is 9.69. The number of anilines is 1. The molecule has 110 valence electrons. The Bertz CT molecular complexity index is 446. The average molecular weight is 279 g/mol. The quantitative estimate of drug-likeness (QED) is 0.756. The molecule has 1 fully saturated rings. The highest BCUT2D eigenvalue weighted by Gasteiger charge is 2.13. The van der Waals surface area contributed by atoms with Crippen molar-refractivity contribution < 1.29 is 9.53 Å². The number of hydrogen-bond acceptors (Lipinski definition) is 7. The van der Waals surface area contributed by atoms with Crippen LogP contribution in [0.3, 0.4) is 0 Å². The molecule has 2 heterocycles. The largest absolute Gasteiger partial charge is 0.463 e. The molecule has 0 radical (unpaired) electrons. The van der Waals surface area contributed by atoms with Crippen LogP contribution in [0.25, 0.3) is 0 Å². The van der Waals surface area contributed by atoms with Crippen molar-refractivity contribution in [3.63, 3.8) is 0 Å². The van der Waals surface area contributed by atoms with Crippen LogP contribution in [0.2, 0.25) is 0 Å². The normalized spacial score (nSPS) is 16.9. The van der Waals surface area contributed by atoms with Gasteiger partial charge in [-0.25, -0.2) is 14.8 Å². The van der Waals surface area contributed by atoms with E-state index in [1.165, 1.54) is 7.11 Å². The molecule has 1 N–H and O–H groups in total. The minimum Gasteiger partial charge on any atom is -0.463 e. The van der Waals surface area contributed by atoms with Gasteiger partial charge < -0.3 is 15.0 Å². The Balaban J connectivity index is 1.78. The van der Waals surface area contributed by atoms with E-state index < -0.39 is 5.97 Å². The Kier molecular flexibility index (Phi) is 5.25. The van der Waals surface area contributed by atoms with Crippen molar-refractivity contribution in [2.45, 2.75) is 0 Å².